The van der Waals surface area contributed by atoms with Crippen molar-refractivity contribution in [2.45, 2.75) is 32.7 Å². The number of hydrogen-bond acceptors (Lipinski definition) is 3. The molecule has 0 fully saturated rings. The van der Waals surface area contributed by atoms with Gasteiger partial charge in [0.1, 0.15) is 0 Å². The molecule has 1 unspecified atom stereocenters. The minimum atomic E-state index is 0.159. The summed E-state index contributed by atoms with van der Waals surface area (Å²) in [6, 6.07) is 0.159. The number of nitrogens with two attached hydrogens (primary N) is 1. The van der Waals surface area contributed by atoms with E-state index in [2.05, 4.69) is 12.2 Å². The smallest absolute Gasteiger partial charge is 0.0447 e. The molecule has 0 aromatic carbocycles. The van der Waals surface area contributed by atoms with Gasteiger partial charge in [-0.05, 0) is 31.5 Å². The van der Waals surface area contributed by atoms with Crippen LogP contribution in [0.2, 0.25) is 0 Å². The predicted octanol–water partition coefficient (Wildman–Crippen LogP) is 0.599. The molecule has 0 saturated heterocycles. The van der Waals surface area contributed by atoms with Crippen LogP contribution in [0.3, 0.4) is 0 Å². The zero-order chi connectivity index (χ0) is 9.40. The number of nitrogens with one attached hydrogen (secondary N) is 1. The van der Waals surface area contributed by atoms with Crippen molar-refractivity contribution < 1.29 is 5.11 Å². The maximum Gasteiger partial charge on any atom is 0.0447 e. The Kier molecular flexibility index (Phi) is 6.81. The Morgan fingerprint density at radius 1 is 1.67 bits per heavy atom. The van der Waals surface area contributed by atoms with Gasteiger partial charge in [0.25, 0.3) is 0 Å². The highest BCUT2D eigenvalue weighted by Crippen LogP contribution is 1.99. The largest absolute Gasteiger partial charge is 0.396 e. The fourth-order valence-corrected chi connectivity index (χ4v) is 0.843. The summed E-state index contributed by atoms with van der Waals surface area (Å²) in [5.41, 5.74) is 6.94. The highest BCUT2D eigenvalue weighted by atomic mass is 16.3. The summed E-state index contributed by atoms with van der Waals surface area (Å²) >= 11 is 0. The van der Waals surface area contributed by atoms with Crippen molar-refractivity contribution in [2.24, 2.45) is 5.73 Å². The Bertz CT molecular complexity index is 134. The van der Waals surface area contributed by atoms with Gasteiger partial charge in [-0.25, -0.2) is 0 Å². The molecule has 1 atom stereocenters. The van der Waals surface area contributed by atoms with Crippen molar-refractivity contribution in [3.63, 3.8) is 0 Å². The van der Waals surface area contributed by atoms with Gasteiger partial charge in [-0.1, -0.05) is 6.92 Å². The molecule has 0 heterocycles. The summed E-state index contributed by atoms with van der Waals surface area (Å²) in [4.78, 5) is 0. The van der Waals surface area contributed by atoms with E-state index in [4.69, 9.17) is 10.8 Å². The zero-order valence-corrected chi connectivity index (χ0v) is 8.01. The molecule has 0 rings (SSSR count). The van der Waals surface area contributed by atoms with E-state index >= 15 is 0 Å². The van der Waals surface area contributed by atoms with E-state index in [0.29, 0.717) is 0 Å². The number of hydrogen-bond donors (Lipinski definition) is 3. The van der Waals surface area contributed by atoms with Crippen LogP contribution in [0.5, 0.6) is 0 Å². The van der Waals surface area contributed by atoms with E-state index in [9.17, 15) is 0 Å². The molecule has 3 heteroatoms. The maximum atomic E-state index is 8.50. The van der Waals surface area contributed by atoms with Crippen LogP contribution in [-0.2, 0) is 0 Å². The van der Waals surface area contributed by atoms with Crippen LogP contribution in [0.25, 0.3) is 0 Å². The van der Waals surface area contributed by atoms with Crippen molar-refractivity contribution in [2.75, 3.05) is 13.2 Å². The molecule has 0 aliphatic heterocycles. The lowest BCUT2D eigenvalue weighted by Crippen LogP contribution is -2.22. The lowest BCUT2D eigenvalue weighted by Gasteiger charge is -2.09. The van der Waals surface area contributed by atoms with Gasteiger partial charge >= 0.3 is 0 Å². The second-order valence-corrected chi connectivity index (χ2v) is 2.93. The molecule has 0 saturated carbocycles. The van der Waals surface area contributed by atoms with Crippen molar-refractivity contribution in [1.82, 2.24) is 5.32 Å². The quantitative estimate of drug-likeness (QED) is 0.514. The molecule has 0 aromatic rings. The minimum Gasteiger partial charge on any atom is -0.396 e. The normalized spacial score (nSPS) is 14.5. The summed E-state index contributed by atoms with van der Waals surface area (Å²) in [7, 11) is 0. The number of aliphatic hydroxyl groups is 1. The van der Waals surface area contributed by atoms with Gasteiger partial charge in [0, 0.05) is 19.2 Å². The van der Waals surface area contributed by atoms with Crippen LogP contribution in [0, 0.1) is 0 Å². The molecule has 72 valence electrons. The predicted molar refractivity (Wildman–Crippen MR) is 51.7 cm³/mol. The molecular formula is C9H20N2O. The average Bonchev–Trinajstić information content (AvgIpc) is 2.10. The molecule has 0 aromatic heterocycles. The van der Waals surface area contributed by atoms with Gasteiger partial charge in [0.2, 0.25) is 0 Å². The Labute approximate surface area is 74.7 Å². The highest BCUT2D eigenvalue weighted by molar-refractivity contribution is 5.04. The van der Waals surface area contributed by atoms with E-state index < -0.39 is 0 Å². The van der Waals surface area contributed by atoms with E-state index in [0.717, 1.165) is 25.0 Å². The maximum absolute atomic E-state index is 8.50. The summed E-state index contributed by atoms with van der Waals surface area (Å²) in [6.07, 6.45) is 3.68. The SMILES string of the molecule is CCC(N)/C(C)=C\NCCCO. The second-order valence-electron chi connectivity index (χ2n) is 2.93. The molecule has 0 bridgehead atoms. The van der Waals surface area contributed by atoms with Gasteiger partial charge in [-0.2, -0.15) is 0 Å². The first-order valence-electron chi connectivity index (χ1n) is 4.48. The molecule has 4 N–H and O–H groups in total. The van der Waals surface area contributed by atoms with E-state index in [1.165, 1.54) is 0 Å². The zero-order valence-electron chi connectivity index (χ0n) is 8.01. The van der Waals surface area contributed by atoms with E-state index in [1.54, 1.807) is 0 Å². The summed E-state index contributed by atoms with van der Waals surface area (Å²) < 4.78 is 0. The monoisotopic (exact) mass is 172 g/mol. The Morgan fingerprint density at radius 2 is 2.33 bits per heavy atom. The molecule has 0 radical (unpaired) electrons. The van der Waals surface area contributed by atoms with Crippen LogP contribution in [0.4, 0.5) is 0 Å². The third-order valence-corrected chi connectivity index (χ3v) is 1.83. The van der Waals surface area contributed by atoms with E-state index in [1.807, 2.05) is 13.1 Å². The molecular weight excluding hydrogens is 152 g/mol. The highest BCUT2D eigenvalue weighted by Gasteiger charge is 1.99. The molecule has 0 spiro atoms. The standard InChI is InChI=1S/C9H20N2O/c1-3-9(10)8(2)7-11-5-4-6-12/h7,9,11-12H,3-6,10H2,1-2H3/b8-7-. The minimum absolute atomic E-state index is 0.159. The first kappa shape index (κ1) is 11.5. The number of aliphatic hydroxyl groups excluding tert-OH is 1. The van der Waals surface area contributed by atoms with Crippen molar-refractivity contribution >= 4 is 0 Å². The van der Waals surface area contributed by atoms with Crippen molar-refractivity contribution in [1.29, 1.82) is 0 Å². The Morgan fingerprint density at radius 3 is 2.83 bits per heavy atom. The Balaban J connectivity index is 3.54. The second kappa shape index (κ2) is 7.13. The first-order chi connectivity index (χ1) is 5.72. The molecule has 12 heavy (non-hydrogen) atoms. The average molecular weight is 172 g/mol. The third kappa shape index (κ3) is 5.16. The van der Waals surface area contributed by atoms with Crippen molar-refractivity contribution in [3.05, 3.63) is 11.8 Å². The summed E-state index contributed by atoms with van der Waals surface area (Å²) in [5, 5.41) is 11.6. The van der Waals surface area contributed by atoms with Gasteiger partial charge in [-0.3, -0.25) is 0 Å². The van der Waals surface area contributed by atoms with Gasteiger partial charge in [-0.15, -0.1) is 0 Å². The summed E-state index contributed by atoms with van der Waals surface area (Å²) in [6.45, 7) is 5.12. The molecule has 0 aliphatic rings. The van der Waals surface area contributed by atoms with Crippen LogP contribution < -0.4 is 11.1 Å². The Hall–Kier alpha value is -0.540. The van der Waals surface area contributed by atoms with Gasteiger partial charge in [0.15, 0.2) is 0 Å². The van der Waals surface area contributed by atoms with Crippen LogP contribution >= 0.6 is 0 Å². The first-order valence-corrected chi connectivity index (χ1v) is 4.48. The fraction of sp³-hybridized carbons (Fsp3) is 0.778. The van der Waals surface area contributed by atoms with Crippen molar-refractivity contribution in [3.8, 4) is 0 Å². The van der Waals surface area contributed by atoms with Gasteiger partial charge in [0.05, 0.1) is 0 Å². The van der Waals surface area contributed by atoms with E-state index in [-0.39, 0.29) is 12.6 Å². The lowest BCUT2D eigenvalue weighted by molar-refractivity contribution is 0.288. The molecule has 0 amide bonds. The number of rotatable bonds is 6. The lowest BCUT2D eigenvalue weighted by atomic mass is 10.1. The van der Waals surface area contributed by atoms with Crippen LogP contribution in [-0.4, -0.2) is 24.3 Å². The van der Waals surface area contributed by atoms with Crippen LogP contribution in [0.1, 0.15) is 26.7 Å². The topological polar surface area (TPSA) is 58.3 Å². The summed E-state index contributed by atoms with van der Waals surface area (Å²) in [5.74, 6) is 0. The fourth-order valence-electron chi connectivity index (χ4n) is 0.843. The molecule has 3 nitrogen and oxygen atoms in total. The third-order valence-electron chi connectivity index (χ3n) is 1.83. The van der Waals surface area contributed by atoms with Gasteiger partial charge < -0.3 is 16.2 Å². The molecule has 0 aliphatic carbocycles. The van der Waals surface area contributed by atoms with Crippen LogP contribution in [0.15, 0.2) is 11.8 Å².